The number of nitrogens with one attached hydrogen (secondary N) is 1. The van der Waals surface area contributed by atoms with E-state index in [-0.39, 0.29) is 29.8 Å². The first-order valence-corrected chi connectivity index (χ1v) is 11.6. The quantitative estimate of drug-likeness (QED) is 0.705. The molecule has 0 aromatic rings. The first-order chi connectivity index (χ1) is 14.6. The molecule has 4 fully saturated rings. The van der Waals surface area contributed by atoms with E-state index in [1.54, 1.807) is 0 Å². The lowest BCUT2D eigenvalue weighted by atomic mass is 9.67. The predicted molar refractivity (Wildman–Crippen MR) is 110 cm³/mol. The van der Waals surface area contributed by atoms with Gasteiger partial charge in [0.25, 0.3) is 0 Å². The Morgan fingerprint density at radius 3 is 2.83 bits per heavy atom. The average Bonchev–Trinajstić information content (AvgIpc) is 3.14. The number of imide groups is 1. The van der Waals surface area contributed by atoms with Crippen LogP contribution >= 0.6 is 0 Å². The maximum Gasteiger partial charge on any atom is 0.233 e. The molecule has 2 amide bonds. The van der Waals surface area contributed by atoms with Gasteiger partial charge in [0.05, 0.1) is 12.2 Å². The Morgan fingerprint density at radius 1 is 1.13 bits per heavy atom. The van der Waals surface area contributed by atoms with Crippen molar-refractivity contribution in [1.29, 1.82) is 0 Å². The van der Waals surface area contributed by atoms with Crippen molar-refractivity contribution >= 4 is 11.8 Å². The smallest absolute Gasteiger partial charge is 0.233 e. The number of carbonyl (C=O) groups is 2. The van der Waals surface area contributed by atoms with Gasteiger partial charge in [-0.1, -0.05) is 6.08 Å². The van der Waals surface area contributed by atoms with Crippen LogP contribution in [0.3, 0.4) is 0 Å². The molecule has 0 spiro atoms. The molecule has 3 aliphatic carbocycles. The summed E-state index contributed by atoms with van der Waals surface area (Å²) in [6, 6.07) is 0. The summed E-state index contributed by atoms with van der Waals surface area (Å²) in [5.41, 5.74) is 1.08. The van der Waals surface area contributed by atoms with E-state index < -0.39 is 0 Å². The zero-order valence-electron chi connectivity index (χ0n) is 17.3. The highest BCUT2D eigenvalue weighted by Crippen LogP contribution is 2.48. The SMILES string of the molecule is O=C1CC[C@@H](C2=COC3CC4C=CC(OCCN5CC6CC6C5)=CC4CC23)C(=O)N1. The monoisotopic (exact) mass is 410 g/mol. The lowest BCUT2D eigenvalue weighted by Gasteiger charge is -2.39. The van der Waals surface area contributed by atoms with Crippen LogP contribution in [0.15, 0.2) is 35.8 Å². The molecule has 0 aromatic heterocycles. The van der Waals surface area contributed by atoms with E-state index in [1.807, 2.05) is 6.26 Å². The maximum atomic E-state index is 12.4. The van der Waals surface area contributed by atoms with Gasteiger partial charge in [-0.2, -0.15) is 0 Å². The molecule has 2 saturated carbocycles. The van der Waals surface area contributed by atoms with Crippen LogP contribution in [0.1, 0.15) is 32.1 Å². The lowest BCUT2D eigenvalue weighted by molar-refractivity contribution is -0.135. The third kappa shape index (κ3) is 3.39. The van der Waals surface area contributed by atoms with Crippen LogP contribution < -0.4 is 5.32 Å². The Balaban J connectivity index is 1.07. The minimum atomic E-state index is -0.222. The third-order valence-electron chi connectivity index (χ3n) is 8.09. The van der Waals surface area contributed by atoms with Crippen LogP contribution in [0.4, 0.5) is 0 Å². The summed E-state index contributed by atoms with van der Waals surface area (Å²) in [6.07, 6.45) is 13.1. The highest BCUT2D eigenvalue weighted by atomic mass is 16.5. The van der Waals surface area contributed by atoms with E-state index in [1.165, 1.54) is 19.5 Å². The van der Waals surface area contributed by atoms with E-state index >= 15 is 0 Å². The summed E-state index contributed by atoms with van der Waals surface area (Å²) < 4.78 is 12.1. The summed E-state index contributed by atoms with van der Waals surface area (Å²) in [5, 5.41) is 2.50. The molecule has 0 aromatic carbocycles. The molecule has 3 heterocycles. The van der Waals surface area contributed by atoms with Crippen LogP contribution in [-0.4, -0.2) is 49.1 Å². The van der Waals surface area contributed by atoms with Gasteiger partial charge >= 0.3 is 0 Å². The molecule has 30 heavy (non-hydrogen) atoms. The molecule has 6 rings (SSSR count). The molecule has 160 valence electrons. The van der Waals surface area contributed by atoms with Crippen molar-refractivity contribution in [2.24, 2.45) is 35.5 Å². The second kappa shape index (κ2) is 7.26. The zero-order valence-corrected chi connectivity index (χ0v) is 17.3. The molecule has 2 saturated heterocycles. The minimum Gasteiger partial charge on any atom is -0.497 e. The maximum absolute atomic E-state index is 12.4. The van der Waals surface area contributed by atoms with E-state index in [9.17, 15) is 9.59 Å². The summed E-state index contributed by atoms with van der Waals surface area (Å²) in [5.74, 6) is 3.53. The fraction of sp³-hybridized carbons (Fsp3) is 0.667. The standard InChI is InChI=1S/C24H30N2O4/c27-23-4-3-19(24(28)25-23)21-13-30-22-10-14-1-2-18(8-15(14)9-20(21)22)29-6-5-26-11-16-7-17(16)12-26/h1-2,8,13-17,19-20,22H,3-7,9-12H2,(H,25,27,28)/t14?,15?,16?,17?,19-,20?,22?/m0/s1. The summed E-state index contributed by atoms with van der Waals surface area (Å²) >= 11 is 0. The van der Waals surface area contributed by atoms with Gasteiger partial charge in [0.15, 0.2) is 0 Å². The predicted octanol–water partition coefficient (Wildman–Crippen LogP) is 2.39. The number of hydrogen-bond donors (Lipinski definition) is 1. The van der Waals surface area contributed by atoms with Crippen molar-refractivity contribution < 1.29 is 19.1 Å². The second-order valence-electron chi connectivity index (χ2n) is 9.99. The Morgan fingerprint density at radius 2 is 2.00 bits per heavy atom. The van der Waals surface area contributed by atoms with Gasteiger partial charge in [0.1, 0.15) is 18.5 Å². The fourth-order valence-electron chi connectivity index (χ4n) is 6.30. The number of ether oxygens (including phenoxy) is 2. The number of amides is 2. The molecular weight excluding hydrogens is 380 g/mol. The van der Waals surface area contributed by atoms with Gasteiger partial charge in [-0.05, 0) is 67.1 Å². The first kappa shape index (κ1) is 18.7. The van der Waals surface area contributed by atoms with Crippen LogP contribution in [0.2, 0.25) is 0 Å². The van der Waals surface area contributed by atoms with Crippen LogP contribution in [0.25, 0.3) is 0 Å². The van der Waals surface area contributed by atoms with E-state index in [4.69, 9.17) is 9.47 Å². The normalized spacial score (nSPS) is 41.8. The largest absolute Gasteiger partial charge is 0.497 e. The number of allylic oxidation sites excluding steroid dienone is 3. The molecule has 6 aliphatic rings. The Hall–Kier alpha value is -2.08. The van der Waals surface area contributed by atoms with Crippen molar-refractivity contribution in [1.82, 2.24) is 10.2 Å². The summed E-state index contributed by atoms with van der Waals surface area (Å²) in [7, 11) is 0. The highest BCUT2D eigenvalue weighted by Gasteiger charge is 2.46. The molecule has 3 aliphatic heterocycles. The Kier molecular flexibility index (Phi) is 4.52. The van der Waals surface area contributed by atoms with E-state index in [0.29, 0.717) is 24.7 Å². The summed E-state index contributed by atoms with van der Waals surface area (Å²) in [4.78, 5) is 26.4. The molecule has 6 nitrogen and oxygen atoms in total. The molecular formula is C24H30N2O4. The molecule has 1 N–H and O–H groups in total. The number of nitrogens with zero attached hydrogens (tertiary/aromatic N) is 1. The number of hydrogen-bond acceptors (Lipinski definition) is 5. The van der Waals surface area contributed by atoms with Crippen molar-refractivity contribution in [3.05, 3.63) is 35.8 Å². The highest BCUT2D eigenvalue weighted by molar-refractivity contribution is 5.99. The minimum absolute atomic E-state index is 0.147. The first-order valence-electron chi connectivity index (χ1n) is 11.6. The number of rotatable bonds is 5. The van der Waals surface area contributed by atoms with Gasteiger partial charge in [-0.25, -0.2) is 0 Å². The molecule has 6 unspecified atom stereocenters. The molecule has 7 atom stereocenters. The van der Waals surface area contributed by atoms with Gasteiger partial charge < -0.3 is 9.47 Å². The van der Waals surface area contributed by atoms with Gasteiger partial charge in [0.2, 0.25) is 11.8 Å². The Bertz CT molecular complexity index is 836. The molecule has 0 bridgehead atoms. The lowest BCUT2D eigenvalue weighted by Crippen LogP contribution is -2.43. The number of fused-ring (bicyclic) bond motifs is 3. The van der Waals surface area contributed by atoms with Gasteiger partial charge in [-0.3, -0.25) is 19.8 Å². The topological polar surface area (TPSA) is 67.9 Å². The van der Waals surface area contributed by atoms with Gasteiger partial charge in [0, 0.05) is 32.0 Å². The molecule has 6 heteroatoms. The van der Waals surface area contributed by atoms with Crippen molar-refractivity contribution in [3.8, 4) is 0 Å². The number of likely N-dealkylation sites (tertiary alicyclic amines) is 1. The number of piperidine rings is 2. The Labute approximate surface area is 177 Å². The average molecular weight is 411 g/mol. The fourth-order valence-corrected chi connectivity index (χ4v) is 6.30. The van der Waals surface area contributed by atoms with Crippen molar-refractivity contribution in [3.63, 3.8) is 0 Å². The third-order valence-corrected chi connectivity index (χ3v) is 8.09. The van der Waals surface area contributed by atoms with Crippen LogP contribution in [-0.2, 0) is 19.1 Å². The van der Waals surface area contributed by atoms with E-state index in [0.717, 1.165) is 49.2 Å². The van der Waals surface area contributed by atoms with Crippen LogP contribution in [0.5, 0.6) is 0 Å². The number of carbonyl (C=O) groups excluding carboxylic acids is 2. The van der Waals surface area contributed by atoms with E-state index in [2.05, 4.69) is 28.4 Å². The van der Waals surface area contributed by atoms with Crippen molar-refractivity contribution in [2.75, 3.05) is 26.2 Å². The van der Waals surface area contributed by atoms with Crippen molar-refractivity contribution in [2.45, 2.75) is 38.2 Å². The van der Waals surface area contributed by atoms with Crippen LogP contribution in [0, 0.1) is 35.5 Å². The van der Waals surface area contributed by atoms with Gasteiger partial charge in [-0.15, -0.1) is 0 Å². The zero-order chi connectivity index (χ0) is 20.2. The molecule has 0 radical (unpaired) electrons. The second-order valence-corrected chi connectivity index (χ2v) is 9.99. The summed E-state index contributed by atoms with van der Waals surface area (Å²) in [6.45, 7) is 4.29.